The van der Waals surface area contributed by atoms with Crippen LogP contribution in [0.4, 0.5) is 0 Å². The van der Waals surface area contributed by atoms with Gasteiger partial charge in [-0.15, -0.1) is 0 Å². The fourth-order valence-corrected chi connectivity index (χ4v) is 2.36. The standard InChI is InChI=1S/C14H14N4O4/c1-21-5-11-15-9-3-8-10(4-7(9)13(19)17-11)16-12(6-22-2)18-14(8)20/h3-4,7H,5-6H2,1-2H3,(H,16,18,20). The van der Waals surface area contributed by atoms with Gasteiger partial charge in [-0.2, -0.15) is 4.99 Å². The molecule has 114 valence electrons. The van der Waals surface area contributed by atoms with Crippen molar-refractivity contribution in [3.63, 3.8) is 0 Å². The second-order valence-corrected chi connectivity index (χ2v) is 4.87. The van der Waals surface area contributed by atoms with Crippen molar-refractivity contribution < 1.29 is 14.3 Å². The molecular weight excluding hydrogens is 288 g/mol. The first-order valence-electron chi connectivity index (χ1n) is 6.63. The molecule has 1 aromatic rings. The third-order valence-electron chi connectivity index (χ3n) is 3.29. The van der Waals surface area contributed by atoms with Crippen LogP contribution in [0, 0.1) is 5.92 Å². The number of carbonyl (C=O) groups is 1. The number of hydrogen-bond donors (Lipinski definition) is 1. The molecule has 0 saturated carbocycles. The van der Waals surface area contributed by atoms with Crippen LogP contribution in [0.25, 0.3) is 12.2 Å². The Bertz CT molecular complexity index is 866. The van der Waals surface area contributed by atoms with Crippen LogP contribution in [0.15, 0.2) is 14.8 Å². The Morgan fingerprint density at radius 3 is 2.68 bits per heavy atom. The van der Waals surface area contributed by atoms with Crippen molar-refractivity contribution in [1.82, 2.24) is 9.97 Å². The smallest absolute Gasteiger partial charge is 0.260 e. The molecule has 8 heteroatoms. The lowest BCUT2D eigenvalue weighted by molar-refractivity contribution is -0.118. The van der Waals surface area contributed by atoms with Crippen molar-refractivity contribution in [3.05, 3.63) is 26.7 Å². The van der Waals surface area contributed by atoms with E-state index in [1.807, 2.05) is 0 Å². The quantitative estimate of drug-likeness (QED) is 0.701. The van der Waals surface area contributed by atoms with Crippen molar-refractivity contribution >= 4 is 29.6 Å². The number of hydrogen-bond acceptors (Lipinski definition) is 6. The molecule has 3 rings (SSSR count). The Labute approximate surface area is 124 Å². The van der Waals surface area contributed by atoms with E-state index in [1.54, 1.807) is 12.2 Å². The number of nitrogens with one attached hydrogen (secondary N) is 1. The lowest BCUT2D eigenvalue weighted by Crippen LogP contribution is -2.49. The highest BCUT2D eigenvalue weighted by molar-refractivity contribution is 6.29. The molecule has 1 aliphatic heterocycles. The summed E-state index contributed by atoms with van der Waals surface area (Å²) in [6.07, 6.45) is 3.18. The molecule has 0 bridgehead atoms. The average molecular weight is 302 g/mol. The van der Waals surface area contributed by atoms with Crippen LogP contribution in [0.2, 0.25) is 0 Å². The largest absolute Gasteiger partial charge is 0.377 e. The predicted molar refractivity (Wildman–Crippen MR) is 79.0 cm³/mol. The van der Waals surface area contributed by atoms with Gasteiger partial charge in [0.2, 0.25) is 0 Å². The Morgan fingerprint density at radius 1 is 1.18 bits per heavy atom. The first-order valence-corrected chi connectivity index (χ1v) is 6.63. The number of amides is 1. The minimum atomic E-state index is -0.613. The Hall–Kier alpha value is -2.45. The summed E-state index contributed by atoms with van der Waals surface area (Å²) in [5.41, 5.74) is 0.184. The van der Waals surface area contributed by atoms with Crippen molar-refractivity contribution in [2.24, 2.45) is 15.9 Å². The Morgan fingerprint density at radius 2 is 1.95 bits per heavy atom. The van der Waals surface area contributed by atoms with Gasteiger partial charge < -0.3 is 14.5 Å². The molecule has 0 spiro atoms. The molecule has 0 fully saturated rings. The van der Waals surface area contributed by atoms with E-state index < -0.39 is 5.92 Å². The summed E-state index contributed by atoms with van der Waals surface area (Å²) in [6, 6.07) is 0. The summed E-state index contributed by atoms with van der Waals surface area (Å²) in [5.74, 6) is -0.248. The molecule has 0 radical (unpaired) electrons. The molecule has 1 amide bonds. The Balaban J connectivity index is 2.15. The molecule has 22 heavy (non-hydrogen) atoms. The van der Waals surface area contributed by atoms with Gasteiger partial charge in [0, 0.05) is 14.2 Å². The number of rotatable bonds is 4. The molecule has 0 saturated heterocycles. The third-order valence-corrected chi connectivity index (χ3v) is 3.29. The lowest BCUT2D eigenvalue weighted by Gasteiger charge is -2.17. The van der Waals surface area contributed by atoms with Gasteiger partial charge in [-0.05, 0) is 12.2 Å². The number of fused-ring (bicyclic) bond motifs is 2. The van der Waals surface area contributed by atoms with E-state index in [0.717, 1.165) is 0 Å². The second-order valence-electron chi connectivity index (χ2n) is 4.87. The monoisotopic (exact) mass is 302 g/mol. The first kappa shape index (κ1) is 14.5. The number of H-pyrrole nitrogens is 1. The van der Waals surface area contributed by atoms with Crippen LogP contribution in [-0.2, 0) is 20.9 Å². The van der Waals surface area contributed by atoms with Crippen molar-refractivity contribution in [1.29, 1.82) is 0 Å². The van der Waals surface area contributed by atoms with Gasteiger partial charge in [0.15, 0.2) is 5.84 Å². The number of aromatic amines is 1. The molecule has 8 nitrogen and oxygen atoms in total. The Kier molecular flexibility index (Phi) is 3.78. The fraction of sp³-hybridized carbons (Fsp3) is 0.357. The minimum absolute atomic E-state index is 0.143. The van der Waals surface area contributed by atoms with E-state index in [-0.39, 0.29) is 24.7 Å². The SMILES string of the molecule is COCC1=NC(=O)C2C=c3nc(COC)[nH]c(=O)c3=CC2=N1. The number of carbonyl (C=O) groups excluding carboxylic acids is 1. The lowest BCUT2D eigenvalue weighted by atomic mass is 9.95. The molecule has 1 N–H and O–H groups in total. The highest BCUT2D eigenvalue weighted by Crippen LogP contribution is 2.14. The summed E-state index contributed by atoms with van der Waals surface area (Å²) in [7, 11) is 3.01. The van der Waals surface area contributed by atoms with Crippen LogP contribution in [0.1, 0.15) is 5.82 Å². The van der Waals surface area contributed by atoms with Crippen molar-refractivity contribution in [2.45, 2.75) is 6.61 Å². The number of aromatic nitrogens is 2. The van der Waals surface area contributed by atoms with E-state index in [4.69, 9.17) is 9.47 Å². The van der Waals surface area contributed by atoms with Gasteiger partial charge in [-0.1, -0.05) is 0 Å². The highest BCUT2D eigenvalue weighted by atomic mass is 16.5. The number of nitrogens with zero attached hydrogens (tertiary/aromatic N) is 3. The normalized spacial score (nSPS) is 19.4. The van der Waals surface area contributed by atoms with E-state index in [2.05, 4.69) is 20.0 Å². The predicted octanol–water partition coefficient (Wildman–Crippen LogP) is -1.87. The third kappa shape index (κ3) is 2.53. The van der Waals surface area contributed by atoms with Crippen LogP contribution >= 0.6 is 0 Å². The zero-order valence-electron chi connectivity index (χ0n) is 12.1. The zero-order chi connectivity index (χ0) is 15.7. The molecule has 1 atom stereocenters. The second kappa shape index (κ2) is 5.74. The molecule has 0 aromatic carbocycles. The van der Waals surface area contributed by atoms with Gasteiger partial charge in [-0.3, -0.25) is 9.59 Å². The molecule has 1 unspecified atom stereocenters. The maximum absolute atomic E-state index is 12.1. The van der Waals surface area contributed by atoms with E-state index in [9.17, 15) is 9.59 Å². The molecule has 1 aliphatic carbocycles. The van der Waals surface area contributed by atoms with Gasteiger partial charge in [0.05, 0.1) is 16.3 Å². The zero-order valence-corrected chi connectivity index (χ0v) is 12.1. The topological polar surface area (TPSA) is 106 Å². The van der Waals surface area contributed by atoms with Crippen molar-refractivity contribution in [2.75, 3.05) is 20.8 Å². The van der Waals surface area contributed by atoms with Crippen molar-refractivity contribution in [3.8, 4) is 0 Å². The summed E-state index contributed by atoms with van der Waals surface area (Å²) < 4.78 is 9.90. The fourth-order valence-electron chi connectivity index (χ4n) is 2.36. The minimum Gasteiger partial charge on any atom is -0.377 e. The van der Waals surface area contributed by atoms with Gasteiger partial charge >= 0.3 is 0 Å². The van der Waals surface area contributed by atoms with E-state index >= 15 is 0 Å². The molecule has 1 aromatic heterocycles. The van der Waals surface area contributed by atoms with Crippen LogP contribution < -0.4 is 16.1 Å². The van der Waals surface area contributed by atoms with Crippen LogP contribution in [0.3, 0.4) is 0 Å². The van der Waals surface area contributed by atoms with Gasteiger partial charge in [-0.25, -0.2) is 9.98 Å². The summed E-state index contributed by atoms with van der Waals surface area (Å²) >= 11 is 0. The molecule has 2 aliphatic rings. The summed E-state index contributed by atoms with van der Waals surface area (Å²) in [5, 5.41) is 0.819. The average Bonchev–Trinajstić information content (AvgIpc) is 2.47. The van der Waals surface area contributed by atoms with Gasteiger partial charge in [0.25, 0.3) is 11.5 Å². The first-order chi connectivity index (χ1) is 10.6. The molecular formula is C14H14N4O4. The number of aliphatic imine (C=N–C) groups is 2. The number of amidine groups is 1. The number of methoxy groups -OCH3 is 2. The van der Waals surface area contributed by atoms with E-state index in [0.29, 0.717) is 27.9 Å². The van der Waals surface area contributed by atoms with Crippen LogP contribution in [0.5, 0.6) is 0 Å². The highest BCUT2D eigenvalue weighted by Gasteiger charge is 2.28. The summed E-state index contributed by atoms with van der Waals surface area (Å²) in [6.45, 7) is 0.329. The maximum atomic E-state index is 12.1. The van der Waals surface area contributed by atoms with Crippen LogP contribution in [-0.4, -0.2) is 48.2 Å². The molecule has 2 heterocycles. The summed E-state index contributed by atoms with van der Waals surface area (Å²) in [4.78, 5) is 39.3. The maximum Gasteiger partial charge on any atom is 0.260 e. The number of ether oxygens (including phenoxy) is 2. The van der Waals surface area contributed by atoms with E-state index in [1.165, 1.54) is 14.2 Å². The van der Waals surface area contributed by atoms with Gasteiger partial charge in [0.1, 0.15) is 25.0 Å².